The highest BCUT2D eigenvalue weighted by molar-refractivity contribution is 8.53. The molecule has 4 atom stereocenters. The lowest BCUT2D eigenvalue weighted by molar-refractivity contribution is -0.107. The number of benzene rings is 1. The van der Waals surface area contributed by atoms with E-state index in [1.165, 1.54) is 0 Å². The summed E-state index contributed by atoms with van der Waals surface area (Å²) < 4.78 is 37.2. The molecule has 24 heavy (non-hydrogen) atoms. The van der Waals surface area contributed by atoms with Crippen molar-refractivity contribution < 1.29 is 18.4 Å². The molecular formula is C15H19BCl2O4PS. The van der Waals surface area contributed by atoms with Gasteiger partial charge in [0.15, 0.2) is 6.29 Å². The van der Waals surface area contributed by atoms with Crippen LogP contribution in [-0.4, -0.2) is 42.4 Å². The molecule has 1 radical (unpaired) electrons. The Morgan fingerprint density at radius 2 is 2.50 bits per heavy atom. The first-order valence-corrected chi connectivity index (χ1v) is 10.3. The number of hydrogen-bond donors (Lipinski definition) is 0. The molecule has 0 aliphatic carbocycles. The van der Waals surface area contributed by atoms with Gasteiger partial charge in [0, 0.05) is 30.2 Å². The lowest BCUT2D eigenvalue weighted by Gasteiger charge is -2.18. The molecule has 0 saturated carbocycles. The Labute approximate surface area is 162 Å². The normalized spacial score (nSPS) is 26.7. The Hall–Kier alpha value is 0.0649. The maximum atomic E-state index is 7.63. The molecule has 0 bridgehead atoms. The third-order valence-corrected chi connectivity index (χ3v) is 4.99. The van der Waals surface area contributed by atoms with Crippen molar-refractivity contribution >= 4 is 50.0 Å². The van der Waals surface area contributed by atoms with E-state index in [-0.39, 0.29) is 18.5 Å². The number of hydrogen-bond acceptors (Lipinski definition) is 5. The summed E-state index contributed by atoms with van der Waals surface area (Å²) in [6.45, 7) is 2.24. The van der Waals surface area contributed by atoms with Gasteiger partial charge in [-0.05, 0) is 38.1 Å². The molecule has 2 unspecified atom stereocenters. The van der Waals surface area contributed by atoms with E-state index in [1.54, 1.807) is 25.3 Å². The maximum absolute atomic E-state index is 7.63. The molecule has 1 heterocycles. The zero-order valence-corrected chi connectivity index (χ0v) is 16.5. The molecule has 1 saturated heterocycles. The molecule has 0 aromatic heterocycles. The van der Waals surface area contributed by atoms with Gasteiger partial charge >= 0.3 is 0 Å². The van der Waals surface area contributed by atoms with Crippen LogP contribution in [0, 0.1) is 0 Å². The Morgan fingerprint density at radius 3 is 3.21 bits per heavy atom. The van der Waals surface area contributed by atoms with E-state index in [9.17, 15) is 0 Å². The predicted molar refractivity (Wildman–Crippen MR) is 104 cm³/mol. The molecule has 2 rings (SSSR count). The van der Waals surface area contributed by atoms with Gasteiger partial charge in [0.25, 0.3) is 0 Å². The van der Waals surface area contributed by atoms with Crippen molar-refractivity contribution in [3.63, 3.8) is 0 Å². The van der Waals surface area contributed by atoms with Crippen LogP contribution in [0.1, 0.15) is 13.3 Å². The van der Waals surface area contributed by atoms with E-state index in [2.05, 4.69) is 0 Å². The Kier molecular flexibility index (Phi) is 7.48. The summed E-state index contributed by atoms with van der Waals surface area (Å²) in [6, 6.07) is 5.06. The van der Waals surface area contributed by atoms with E-state index in [1.807, 2.05) is 13.0 Å². The first-order valence-electron chi connectivity index (χ1n) is 8.23. The Balaban J connectivity index is 1.95. The molecule has 0 amide bonds. The smallest absolute Gasteiger partial charge is 0.160 e. The standard InChI is InChI=1S/C15H19BCl2O4PS/c1-9(5-6-20-12-4-3-10(17)7-11(12)18)15-13(22-24-23-16)8-14(19-2)21-15/h3-5,7,13-16,23H,6,8H2,1-2H3/t13-,14?,15+,23?/m0/s1/i16T,23D. The van der Waals surface area contributed by atoms with Crippen molar-refractivity contribution in [2.45, 2.75) is 31.8 Å². The topological polar surface area (TPSA) is 36.9 Å². The van der Waals surface area contributed by atoms with Gasteiger partial charge < -0.3 is 18.4 Å². The molecule has 0 N–H and O–H groups in total. The predicted octanol–water partition coefficient (Wildman–Crippen LogP) is 4.52. The maximum Gasteiger partial charge on any atom is 0.160 e. The molecule has 1 aliphatic rings. The molecule has 131 valence electrons. The van der Waals surface area contributed by atoms with Crippen LogP contribution in [-0.2, 0) is 13.7 Å². The monoisotopic (exact) mass is 410 g/mol. The van der Waals surface area contributed by atoms with Gasteiger partial charge in [-0.15, -0.1) is 0 Å². The SMILES string of the molecule is [2H]P([B][3H])SO[C@H]1CC(OC)O[C@@H]1C(C)=CCOc1ccc(Cl)cc1Cl. The number of halogens is 2. The first-order chi connectivity index (χ1) is 12.4. The minimum absolute atomic E-state index is 0.254. The number of ether oxygens (including phenoxy) is 3. The molecule has 1 aromatic rings. The summed E-state index contributed by atoms with van der Waals surface area (Å²) in [5.41, 5.74) is 0.935. The lowest BCUT2D eigenvalue weighted by atomic mass is 10.1. The van der Waals surface area contributed by atoms with Crippen LogP contribution in [0.5, 0.6) is 5.75 Å². The summed E-state index contributed by atoms with van der Waals surface area (Å²) in [4.78, 5) is 0. The summed E-state index contributed by atoms with van der Waals surface area (Å²) in [7, 11) is 1.28. The van der Waals surface area contributed by atoms with Crippen LogP contribution in [0.15, 0.2) is 29.8 Å². The first kappa shape index (κ1) is 17.5. The average molecular weight is 411 g/mol. The van der Waals surface area contributed by atoms with Crippen LogP contribution < -0.4 is 4.74 Å². The molecule has 4 nitrogen and oxygen atoms in total. The summed E-state index contributed by atoms with van der Waals surface area (Å²) in [5.74, 6) is 0.552. The van der Waals surface area contributed by atoms with E-state index in [0.717, 1.165) is 24.8 Å². The fourth-order valence-electron chi connectivity index (χ4n) is 2.31. The quantitative estimate of drug-likeness (QED) is 0.259. The van der Waals surface area contributed by atoms with Crippen molar-refractivity contribution in [1.82, 2.24) is 0 Å². The van der Waals surface area contributed by atoms with Crippen molar-refractivity contribution in [1.29, 1.82) is 2.61 Å². The third kappa shape index (κ3) is 5.81. The minimum Gasteiger partial charge on any atom is -0.488 e. The zero-order valence-electron chi connectivity index (χ0n) is 15.3. The number of methoxy groups -OCH3 is 1. The van der Waals surface area contributed by atoms with Crippen LogP contribution in [0.2, 0.25) is 10.0 Å². The van der Waals surface area contributed by atoms with Crippen molar-refractivity contribution in [2.75, 3.05) is 13.7 Å². The van der Waals surface area contributed by atoms with E-state index in [0.29, 0.717) is 28.8 Å². The molecule has 1 aromatic carbocycles. The summed E-state index contributed by atoms with van der Waals surface area (Å²) in [6.07, 6.45) is 1.54. The van der Waals surface area contributed by atoms with Crippen LogP contribution >= 0.6 is 42.5 Å². The lowest BCUT2D eigenvalue weighted by Crippen LogP contribution is -2.23. The van der Waals surface area contributed by atoms with Crippen molar-refractivity contribution in [3.05, 3.63) is 39.9 Å². The van der Waals surface area contributed by atoms with Crippen LogP contribution in [0.4, 0.5) is 0 Å². The molecule has 9 heteroatoms. The second-order valence-electron chi connectivity index (χ2n) is 5.11. The Bertz CT molecular complexity index is 631. The second-order valence-corrected chi connectivity index (χ2v) is 7.58. The third-order valence-electron chi connectivity index (χ3n) is 3.52. The molecular weight excluding hydrogens is 389 g/mol. The van der Waals surface area contributed by atoms with Gasteiger partial charge in [0.2, 0.25) is 0 Å². The van der Waals surface area contributed by atoms with Gasteiger partial charge in [-0.2, -0.15) is 0 Å². The van der Waals surface area contributed by atoms with Crippen molar-refractivity contribution in [3.8, 4) is 5.75 Å². The largest absolute Gasteiger partial charge is 0.488 e. The number of rotatable bonds is 9. The van der Waals surface area contributed by atoms with Gasteiger partial charge in [-0.1, -0.05) is 30.8 Å². The summed E-state index contributed by atoms with van der Waals surface area (Å²) >= 11 is 13.0. The van der Waals surface area contributed by atoms with Crippen molar-refractivity contribution in [2.24, 2.45) is 0 Å². The summed E-state index contributed by atoms with van der Waals surface area (Å²) in [5, 5.41) is 1.00. The minimum atomic E-state index is -1.38. The van der Waals surface area contributed by atoms with Crippen LogP contribution in [0.3, 0.4) is 0 Å². The van der Waals surface area contributed by atoms with E-state index in [4.69, 9.17) is 44.2 Å². The van der Waals surface area contributed by atoms with Crippen LogP contribution in [0.25, 0.3) is 0 Å². The highest BCUT2D eigenvalue weighted by Crippen LogP contribution is 2.35. The van der Waals surface area contributed by atoms with Gasteiger partial charge in [-0.25, -0.2) is 0 Å². The van der Waals surface area contributed by atoms with E-state index < -0.39 is 7.61 Å². The second kappa shape index (κ2) is 10.3. The average Bonchev–Trinajstić information content (AvgIpc) is 3.04. The van der Waals surface area contributed by atoms with Gasteiger partial charge in [0.1, 0.15) is 32.1 Å². The molecule has 1 fully saturated rings. The zero-order chi connectivity index (χ0) is 19.1. The van der Waals surface area contributed by atoms with Gasteiger partial charge in [-0.3, -0.25) is 0 Å². The fourth-order valence-corrected chi connectivity index (χ4v) is 3.60. The van der Waals surface area contributed by atoms with E-state index >= 15 is 0 Å². The highest BCUT2D eigenvalue weighted by Gasteiger charge is 2.37. The highest BCUT2D eigenvalue weighted by atomic mass is 35.5. The molecule has 1 aliphatic heterocycles. The molecule has 0 spiro atoms. The van der Waals surface area contributed by atoms with Gasteiger partial charge in [0.05, 0.1) is 6.30 Å². The fraction of sp³-hybridized carbons (Fsp3) is 0.467. The Morgan fingerprint density at radius 1 is 1.67 bits per heavy atom.